The van der Waals surface area contributed by atoms with Crippen LogP contribution in [-0.2, 0) is 11.2 Å². The number of methoxy groups -OCH3 is 1. The second-order valence-corrected chi connectivity index (χ2v) is 6.16. The number of carbonyl (C=O) groups excluding carboxylic acids is 1. The van der Waals surface area contributed by atoms with Gasteiger partial charge < -0.3 is 9.64 Å². The number of aryl methyl sites for hydroxylation is 1. The first-order chi connectivity index (χ1) is 9.11. The number of rotatable bonds is 5. The van der Waals surface area contributed by atoms with Gasteiger partial charge in [-0.25, -0.2) is 9.78 Å². The SMILES string of the molecule is COC(=O)c1sc(N(C)CCc2cccs2)nc1C. The molecule has 0 atom stereocenters. The molecule has 0 saturated heterocycles. The van der Waals surface area contributed by atoms with Crippen molar-refractivity contribution in [2.75, 3.05) is 25.6 Å². The molecule has 0 fully saturated rings. The summed E-state index contributed by atoms with van der Waals surface area (Å²) >= 11 is 3.14. The molecule has 0 aromatic carbocycles. The Morgan fingerprint density at radius 3 is 2.95 bits per heavy atom. The highest BCUT2D eigenvalue weighted by atomic mass is 32.1. The monoisotopic (exact) mass is 296 g/mol. The molecule has 0 spiro atoms. The Morgan fingerprint density at radius 2 is 2.32 bits per heavy atom. The number of thiazole rings is 1. The van der Waals surface area contributed by atoms with Crippen LogP contribution in [0.3, 0.4) is 0 Å². The molecule has 0 radical (unpaired) electrons. The van der Waals surface area contributed by atoms with Crippen molar-refractivity contribution in [3.63, 3.8) is 0 Å². The van der Waals surface area contributed by atoms with Crippen LogP contribution in [0.2, 0.25) is 0 Å². The fourth-order valence-corrected chi connectivity index (χ4v) is 3.33. The van der Waals surface area contributed by atoms with Gasteiger partial charge in [-0.05, 0) is 24.8 Å². The Labute approximate surface area is 120 Å². The zero-order valence-corrected chi connectivity index (χ0v) is 12.8. The van der Waals surface area contributed by atoms with Crippen LogP contribution in [0.5, 0.6) is 0 Å². The van der Waals surface area contributed by atoms with Gasteiger partial charge in [-0.1, -0.05) is 17.4 Å². The van der Waals surface area contributed by atoms with Crippen LogP contribution in [0, 0.1) is 6.92 Å². The molecule has 102 valence electrons. The van der Waals surface area contributed by atoms with E-state index < -0.39 is 0 Å². The minimum atomic E-state index is -0.312. The maximum atomic E-state index is 11.5. The van der Waals surface area contributed by atoms with Gasteiger partial charge in [0.25, 0.3) is 0 Å². The van der Waals surface area contributed by atoms with Crippen LogP contribution in [0.15, 0.2) is 17.5 Å². The molecule has 2 rings (SSSR count). The quantitative estimate of drug-likeness (QED) is 0.796. The molecule has 2 aromatic rings. The highest BCUT2D eigenvalue weighted by Crippen LogP contribution is 2.26. The fraction of sp³-hybridized carbons (Fsp3) is 0.385. The van der Waals surface area contributed by atoms with Gasteiger partial charge in [0.2, 0.25) is 0 Å². The Bertz CT molecular complexity index is 549. The smallest absolute Gasteiger partial charge is 0.350 e. The third kappa shape index (κ3) is 3.33. The second-order valence-electron chi connectivity index (χ2n) is 4.15. The molecule has 0 N–H and O–H groups in total. The number of hydrogen-bond acceptors (Lipinski definition) is 6. The number of likely N-dealkylation sites (N-methyl/N-ethyl adjacent to an activating group) is 1. The molecule has 0 bridgehead atoms. The van der Waals surface area contributed by atoms with E-state index in [2.05, 4.69) is 27.4 Å². The van der Waals surface area contributed by atoms with Crippen LogP contribution in [0.25, 0.3) is 0 Å². The molecule has 0 unspecified atom stereocenters. The van der Waals surface area contributed by atoms with E-state index >= 15 is 0 Å². The van der Waals surface area contributed by atoms with Crippen LogP contribution >= 0.6 is 22.7 Å². The Hall–Kier alpha value is -1.40. The van der Waals surface area contributed by atoms with Gasteiger partial charge in [-0.2, -0.15) is 0 Å². The Balaban J connectivity index is 2.03. The lowest BCUT2D eigenvalue weighted by molar-refractivity contribution is 0.0605. The van der Waals surface area contributed by atoms with E-state index in [1.165, 1.54) is 23.3 Å². The van der Waals surface area contributed by atoms with Gasteiger partial charge in [0.05, 0.1) is 12.8 Å². The van der Waals surface area contributed by atoms with E-state index in [4.69, 9.17) is 4.74 Å². The summed E-state index contributed by atoms with van der Waals surface area (Å²) in [7, 11) is 3.38. The topological polar surface area (TPSA) is 42.4 Å². The van der Waals surface area contributed by atoms with Gasteiger partial charge >= 0.3 is 5.97 Å². The highest BCUT2D eigenvalue weighted by molar-refractivity contribution is 7.17. The van der Waals surface area contributed by atoms with Gasteiger partial charge in [0.15, 0.2) is 5.13 Å². The summed E-state index contributed by atoms with van der Waals surface area (Å²) in [5, 5.41) is 2.94. The molecule has 2 aromatic heterocycles. The second kappa shape index (κ2) is 6.16. The lowest BCUT2D eigenvalue weighted by Crippen LogP contribution is -2.19. The van der Waals surface area contributed by atoms with Crippen LogP contribution in [-0.4, -0.2) is 31.7 Å². The van der Waals surface area contributed by atoms with E-state index in [0.717, 1.165) is 23.8 Å². The number of carbonyl (C=O) groups is 1. The number of aromatic nitrogens is 1. The van der Waals surface area contributed by atoms with Crippen molar-refractivity contribution in [1.82, 2.24) is 4.98 Å². The molecule has 19 heavy (non-hydrogen) atoms. The summed E-state index contributed by atoms with van der Waals surface area (Å²) in [4.78, 5) is 20.0. The molecule has 0 aliphatic heterocycles. The molecule has 6 heteroatoms. The summed E-state index contributed by atoms with van der Waals surface area (Å²) in [6.45, 7) is 2.72. The zero-order chi connectivity index (χ0) is 13.8. The normalized spacial score (nSPS) is 10.5. The van der Waals surface area contributed by atoms with Crippen LogP contribution < -0.4 is 4.90 Å². The Kier molecular flexibility index (Phi) is 4.55. The largest absolute Gasteiger partial charge is 0.465 e. The predicted molar refractivity (Wildman–Crippen MR) is 79.5 cm³/mol. The van der Waals surface area contributed by atoms with Gasteiger partial charge in [0, 0.05) is 18.5 Å². The first-order valence-corrected chi connectivity index (χ1v) is 7.60. The van der Waals surface area contributed by atoms with Crippen molar-refractivity contribution in [3.05, 3.63) is 33.0 Å². The number of esters is 1. The van der Waals surface area contributed by atoms with E-state index in [1.807, 2.05) is 14.0 Å². The van der Waals surface area contributed by atoms with E-state index in [-0.39, 0.29) is 5.97 Å². The minimum absolute atomic E-state index is 0.312. The molecular weight excluding hydrogens is 280 g/mol. The third-order valence-corrected chi connectivity index (χ3v) is 4.94. The average Bonchev–Trinajstić information content (AvgIpc) is 3.04. The van der Waals surface area contributed by atoms with E-state index in [9.17, 15) is 4.79 Å². The molecular formula is C13H16N2O2S2. The first-order valence-electron chi connectivity index (χ1n) is 5.91. The number of thiophene rings is 1. The maximum absolute atomic E-state index is 11.5. The summed E-state index contributed by atoms with van der Waals surface area (Å²) < 4.78 is 4.74. The summed E-state index contributed by atoms with van der Waals surface area (Å²) in [6, 6.07) is 4.19. The van der Waals surface area contributed by atoms with Crippen molar-refractivity contribution in [2.45, 2.75) is 13.3 Å². The summed E-state index contributed by atoms with van der Waals surface area (Å²) in [6.07, 6.45) is 0.986. The number of anilines is 1. The molecule has 0 aliphatic rings. The first kappa shape index (κ1) is 14.0. The summed E-state index contributed by atoms with van der Waals surface area (Å²) in [5.41, 5.74) is 0.731. The van der Waals surface area contributed by atoms with Crippen molar-refractivity contribution in [2.24, 2.45) is 0 Å². The molecule has 0 amide bonds. The standard InChI is InChI=1S/C13H16N2O2S2/c1-9-11(12(16)17-3)19-13(14-9)15(2)7-6-10-5-4-8-18-10/h4-5,8H,6-7H2,1-3H3. The van der Waals surface area contributed by atoms with E-state index in [1.54, 1.807) is 11.3 Å². The van der Waals surface area contributed by atoms with Crippen LogP contribution in [0.4, 0.5) is 5.13 Å². The lowest BCUT2D eigenvalue weighted by Gasteiger charge is -2.14. The van der Waals surface area contributed by atoms with Crippen molar-refractivity contribution in [3.8, 4) is 0 Å². The van der Waals surface area contributed by atoms with E-state index in [0.29, 0.717) is 4.88 Å². The van der Waals surface area contributed by atoms with Crippen LogP contribution in [0.1, 0.15) is 20.2 Å². The lowest BCUT2D eigenvalue weighted by atomic mass is 10.3. The molecule has 0 saturated carbocycles. The highest BCUT2D eigenvalue weighted by Gasteiger charge is 2.17. The van der Waals surface area contributed by atoms with Crippen molar-refractivity contribution < 1.29 is 9.53 Å². The van der Waals surface area contributed by atoms with Crippen molar-refractivity contribution in [1.29, 1.82) is 0 Å². The Morgan fingerprint density at radius 1 is 1.53 bits per heavy atom. The maximum Gasteiger partial charge on any atom is 0.350 e. The molecule has 0 aliphatic carbocycles. The average molecular weight is 296 g/mol. The summed E-state index contributed by atoms with van der Waals surface area (Å²) in [5.74, 6) is -0.312. The van der Waals surface area contributed by atoms with Gasteiger partial charge in [0.1, 0.15) is 4.88 Å². The van der Waals surface area contributed by atoms with Crippen molar-refractivity contribution >= 4 is 33.8 Å². The van der Waals surface area contributed by atoms with Gasteiger partial charge in [-0.3, -0.25) is 0 Å². The molecule has 4 nitrogen and oxygen atoms in total. The fourth-order valence-electron chi connectivity index (χ4n) is 1.66. The molecule has 2 heterocycles. The zero-order valence-electron chi connectivity index (χ0n) is 11.2. The number of ether oxygens (including phenoxy) is 1. The minimum Gasteiger partial charge on any atom is -0.465 e. The number of nitrogens with zero attached hydrogens (tertiary/aromatic N) is 2. The predicted octanol–water partition coefficient (Wildman–Crippen LogP) is 2.98. The third-order valence-electron chi connectivity index (χ3n) is 2.76. The number of hydrogen-bond donors (Lipinski definition) is 0. The van der Waals surface area contributed by atoms with Gasteiger partial charge in [-0.15, -0.1) is 11.3 Å².